The molecule has 1 fully saturated rings. The van der Waals surface area contributed by atoms with Crippen LogP contribution in [0.1, 0.15) is 44.7 Å². The molecule has 1 saturated heterocycles. The molecule has 1 amide bonds. The van der Waals surface area contributed by atoms with Gasteiger partial charge in [-0.15, -0.1) is 0 Å². The molecular weight excluding hydrogens is 319 g/mol. The first-order chi connectivity index (χ1) is 11.9. The molecule has 0 bridgehead atoms. The molecule has 1 aromatic rings. The number of nitriles is 1. The van der Waals surface area contributed by atoms with E-state index in [-0.39, 0.29) is 11.7 Å². The van der Waals surface area contributed by atoms with Crippen LogP contribution in [0.4, 0.5) is 9.18 Å². The molecule has 4 nitrogen and oxygen atoms in total. The van der Waals surface area contributed by atoms with Crippen molar-refractivity contribution in [3.05, 3.63) is 46.8 Å². The highest BCUT2D eigenvalue weighted by Crippen LogP contribution is 2.34. The molecule has 0 N–H and O–H groups in total. The average Bonchev–Trinajstić information content (AvgIpc) is 2.86. The SMILES string of the molecule is CCCOC(=O)N1CC/C(=C\C#Cc2cc(F)cc(C#N)c2)C1(C)C. The van der Waals surface area contributed by atoms with E-state index in [1.165, 1.54) is 12.1 Å². The third-order valence-electron chi connectivity index (χ3n) is 4.21. The Balaban J connectivity index is 2.17. The van der Waals surface area contributed by atoms with E-state index in [0.717, 1.165) is 18.4 Å². The Kier molecular flexibility index (Phi) is 5.83. The Morgan fingerprint density at radius 2 is 2.12 bits per heavy atom. The summed E-state index contributed by atoms with van der Waals surface area (Å²) in [5, 5.41) is 8.87. The number of nitrogens with zero attached hydrogens (tertiary/aromatic N) is 2. The van der Waals surface area contributed by atoms with Crippen molar-refractivity contribution < 1.29 is 13.9 Å². The fraction of sp³-hybridized carbons (Fsp3) is 0.400. The van der Waals surface area contributed by atoms with Crippen LogP contribution in [-0.2, 0) is 4.74 Å². The first-order valence-corrected chi connectivity index (χ1v) is 8.24. The van der Waals surface area contributed by atoms with Crippen LogP contribution >= 0.6 is 0 Å². The summed E-state index contributed by atoms with van der Waals surface area (Å²) >= 11 is 0. The van der Waals surface area contributed by atoms with Crippen LogP contribution < -0.4 is 0 Å². The number of amides is 1. The zero-order valence-corrected chi connectivity index (χ0v) is 14.7. The highest BCUT2D eigenvalue weighted by Gasteiger charge is 2.40. The van der Waals surface area contributed by atoms with E-state index in [9.17, 15) is 9.18 Å². The average molecular weight is 340 g/mol. The molecule has 0 saturated carbocycles. The molecule has 1 heterocycles. The normalized spacial score (nSPS) is 16.9. The highest BCUT2D eigenvalue weighted by molar-refractivity contribution is 5.70. The number of allylic oxidation sites excluding steroid dienone is 1. The first kappa shape index (κ1) is 18.5. The number of likely N-dealkylation sites (tertiary alicyclic amines) is 1. The molecule has 0 atom stereocenters. The van der Waals surface area contributed by atoms with Gasteiger partial charge in [-0.1, -0.05) is 18.8 Å². The second-order valence-electron chi connectivity index (χ2n) is 6.35. The molecule has 1 aliphatic rings. The van der Waals surface area contributed by atoms with Crippen molar-refractivity contribution in [2.75, 3.05) is 13.2 Å². The summed E-state index contributed by atoms with van der Waals surface area (Å²) in [5.41, 5.74) is 1.23. The van der Waals surface area contributed by atoms with Gasteiger partial charge in [0.1, 0.15) is 5.82 Å². The number of hydrogen-bond donors (Lipinski definition) is 0. The van der Waals surface area contributed by atoms with Gasteiger partial charge in [0.05, 0.1) is 23.8 Å². The maximum absolute atomic E-state index is 13.4. The molecule has 0 aliphatic carbocycles. The summed E-state index contributed by atoms with van der Waals surface area (Å²) in [7, 11) is 0. The largest absolute Gasteiger partial charge is 0.449 e. The fourth-order valence-electron chi connectivity index (χ4n) is 2.76. The fourth-order valence-corrected chi connectivity index (χ4v) is 2.76. The third kappa shape index (κ3) is 4.39. The lowest BCUT2D eigenvalue weighted by atomic mass is 9.95. The van der Waals surface area contributed by atoms with Gasteiger partial charge in [-0.2, -0.15) is 5.26 Å². The molecule has 25 heavy (non-hydrogen) atoms. The molecule has 1 aliphatic heterocycles. The van der Waals surface area contributed by atoms with Crippen LogP contribution in [0.25, 0.3) is 0 Å². The van der Waals surface area contributed by atoms with Gasteiger partial charge in [0.25, 0.3) is 0 Å². The van der Waals surface area contributed by atoms with Gasteiger partial charge in [-0.25, -0.2) is 9.18 Å². The quantitative estimate of drug-likeness (QED) is 0.765. The second-order valence-corrected chi connectivity index (χ2v) is 6.35. The predicted octanol–water partition coefficient (Wildman–Crippen LogP) is 4.01. The van der Waals surface area contributed by atoms with Crippen molar-refractivity contribution in [3.8, 4) is 17.9 Å². The van der Waals surface area contributed by atoms with E-state index in [2.05, 4.69) is 11.8 Å². The van der Waals surface area contributed by atoms with Crippen molar-refractivity contribution in [1.29, 1.82) is 5.26 Å². The Bertz CT molecular complexity index is 794. The topological polar surface area (TPSA) is 53.3 Å². The monoisotopic (exact) mass is 340 g/mol. The Labute approximate surface area is 147 Å². The lowest BCUT2D eigenvalue weighted by molar-refractivity contribution is 0.0860. The molecule has 130 valence electrons. The Hall–Kier alpha value is -2.79. The number of carbonyl (C=O) groups is 1. The van der Waals surface area contributed by atoms with Crippen LogP contribution in [-0.4, -0.2) is 29.7 Å². The summed E-state index contributed by atoms with van der Waals surface area (Å²) in [6.45, 7) is 6.85. The van der Waals surface area contributed by atoms with E-state index >= 15 is 0 Å². The van der Waals surface area contributed by atoms with E-state index in [1.54, 1.807) is 17.0 Å². The van der Waals surface area contributed by atoms with Crippen molar-refractivity contribution in [2.45, 2.75) is 39.2 Å². The molecule has 5 heteroatoms. The van der Waals surface area contributed by atoms with E-state index in [0.29, 0.717) is 18.7 Å². The van der Waals surface area contributed by atoms with Crippen molar-refractivity contribution in [2.24, 2.45) is 0 Å². The van der Waals surface area contributed by atoms with E-state index < -0.39 is 11.4 Å². The number of benzene rings is 1. The Morgan fingerprint density at radius 3 is 2.80 bits per heavy atom. The summed E-state index contributed by atoms with van der Waals surface area (Å²) in [5.74, 6) is 5.28. The van der Waals surface area contributed by atoms with Crippen LogP contribution in [0, 0.1) is 29.0 Å². The van der Waals surface area contributed by atoms with Gasteiger partial charge < -0.3 is 4.74 Å². The molecule has 0 spiro atoms. The highest BCUT2D eigenvalue weighted by atomic mass is 19.1. The number of rotatable bonds is 2. The van der Waals surface area contributed by atoms with Crippen molar-refractivity contribution in [1.82, 2.24) is 4.90 Å². The van der Waals surface area contributed by atoms with Crippen LogP contribution in [0.5, 0.6) is 0 Å². The van der Waals surface area contributed by atoms with E-state index in [1.807, 2.05) is 26.8 Å². The third-order valence-corrected chi connectivity index (χ3v) is 4.21. The molecule has 0 radical (unpaired) electrons. The molecular formula is C20H21FN2O2. The number of halogens is 1. The minimum absolute atomic E-state index is 0.239. The van der Waals surface area contributed by atoms with Crippen LogP contribution in [0.2, 0.25) is 0 Å². The van der Waals surface area contributed by atoms with Crippen LogP contribution in [0.3, 0.4) is 0 Å². The van der Waals surface area contributed by atoms with Crippen molar-refractivity contribution >= 4 is 6.09 Å². The minimum atomic E-state index is -0.484. The van der Waals surface area contributed by atoms with Gasteiger partial charge in [0, 0.05) is 12.1 Å². The predicted molar refractivity (Wildman–Crippen MR) is 93.1 cm³/mol. The lowest BCUT2D eigenvalue weighted by Gasteiger charge is -2.31. The zero-order chi connectivity index (χ0) is 18.4. The second kappa shape index (κ2) is 7.85. The van der Waals surface area contributed by atoms with Gasteiger partial charge in [0.15, 0.2) is 0 Å². The number of carbonyl (C=O) groups excluding carboxylic acids is 1. The molecule has 1 aromatic carbocycles. The number of hydrogen-bond acceptors (Lipinski definition) is 3. The molecule has 2 rings (SSSR count). The number of ether oxygens (including phenoxy) is 1. The minimum Gasteiger partial charge on any atom is -0.449 e. The summed E-state index contributed by atoms with van der Waals surface area (Å²) in [6, 6.07) is 5.91. The smallest absolute Gasteiger partial charge is 0.410 e. The standard InChI is InChI=1S/C20H21FN2O2/c1-4-10-25-19(24)23-9-8-17(20(23,2)3)7-5-6-15-11-16(14-22)13-18(21)12-15/h7,11-13H,4,8-10H2,1-3H3/b17-7+. The van der Waals surface area contributed by atoms with E-state index in [4.69, 9.17) is 10.00 Å². The molecule has 0 aromatic heterocycles. The summed E-state index contributed by atoms with van der Waals surface area (Å²) < 4.78 is 18.6. The van der Waals surface area contributed by atoms with Gasteiger partial charge in [0.2, 0.25) is 0 Å². The maximum atomic E-state index is 13.4. The van der Waals surface area contributed by atoms with Crippen molar-refractivity contribution in [3.63, 3.8) is 0 Å². The van der Waals surface area contributed by atoms with Gasteiger partial charge in [-0.05, 0) is 56.5 Å². The maximum Gasteiger partial charge on any atom is 0.410 e. The summed E-state index contributed by atoms with van der Waals surface area (Å²) in [4.78, 5) is 13.8. The summed E-state index contributed by atoms with van der Waals surface area (Å²) in [6.07, 6.45) is 2.96. The van der Waals surface area contributed by atoms with Gasteiger partial charge in [-0.3, -0.25) is 4.90 Å². The van der Waals surface area contributed by atoms with Crippen LogP contribution in [0.15, 0.2) is 29.8 Å². The zero-order valence-electron chi connectivity index (χ0n) is 14.7. The Morgan fingerprint density at radius 1 is 1.40 bits per heavy atom. The van der Waals surface area contributed by atoms with Gasteiger partial charge >= 0.3 is 6.09 Å². The molecule has 0 unspecified atom stereocenters. The first-order valence-electron chi connectivity index (χ1n) is 8.24. The lowest BCUT2D eigenvalue weighted by Crippen LogP contribution is -2.43.